The minimum Gasteiger partial charge on any atom is -0.358 e. The van der Waals surface area contributed by atoms with E-state index >= 15 is 0 Å². The van der Waals surface area contributed by atoms with E-state index in [4.69, 9.17) is 0 Å². The van der Waals surface area contributed by atoms with Crippen LogP contribution in [0.5, 0.6) is 0 Å². The lowest BCUT2D eigenvalue weighted by Crippen LogP contribution is -2.52. The van der Waals surface area contributed by atoms with Crippen molar-refractivity contribution < 1.29 is 14.0 Å². The van der Waals surface area contributed by atoms with E-state index < -0.39 is 5.82 Å². The van der Waals surface area contributed by atoms with E-state index in [9.17, 15) is 14.0 Å². The third-order valence-corrected chi connectivity index (χ3v) is 5.62. The molecule has 0 bridgehead atoms. The van der Waals surface area contributed by atoms with Crippen LogP contribution in [-0.4, -0.2) is 61.4 Å². The van der Waals surface area contributed by atoms with Gasteiger partial charge in [0.2, 0.25) is 5.91 Å². The number of hydrogen-bond acceptors (Lipinski definition) is 3. The lowest BCUT2D eigenvalue weighted by atomic mass is 9.72. The van der Waals surface area contributed by atoms with Gasteiger partial charge in [0, 0.05) is 20.1 Å². The maximum Gasteiger partial charge on any atom is 0.256 e. The van der Waals surface area contributed by atoms with Crippen LogP contribution in [0.25, 0.3) is 0 Å². The molecule has 136 valence electrons. The molecule has 2 amide bonds. The van der Waals surface area contributed by atoms with Gasteiger partial charge in [-0.15, -0.1) is 0 Å². The van der Waals surface area contributed by atoms with Crippen molar-refractivity contribution in [3.8, 4) is 0 Å². The number of amides is 2. The fourth-order valence-electron chi connectivity index (χ4n) is 4.06. The van der Waals surface area contributed by atoms with Gasteiger partial charge in [-0.2, -0.15) is 0 Å². The van der Waals surface area contributed by atoms with Crippen LogP contribution in [0.4, 0.5) is 4.39 Å². The number of likely N-dealkylation sites (tertiary alicyclic amines) is 2. The molecule has 2 aliphatic rings. The lowest BCUT2D eigenvalue weighted by molar-refractivity contribution is -0.122. The lowest BCUT2D eigenvalue weighted by Gasteiger charge is -2.47. The smallest absolute Gasteiger partial charge is 0.256 e. The number of likely N-dealkylation sites (N-methyl/N-ethyl adjacent to an activating group) is 1. The predicted molar refractivity (Wildman–Crippen MR) is 93.7 cm³/mol. The number of nitrogens with one attached hydrogen (secondary N) is 1. The maximum absolute atomic E-state index is 13.9. The summed E-state index contributed by atoms with van der Waals surface area (Å²) in [6.45, 7) is 3.56. The van der Waals surface area contributed by atoms with Gasteiger partial charge in [0.1, 0.15) is 5.82 Å². The second kappa shape index (κ2) is 7.52. The summed E-state index contributed by atoms with van der Waals surface area (Å²) in [5.41, 5.74) is 0.273. The average Bonchev–Trinajstić information content (AvgIpc) is 2.64. The summed E-state index contributed by atoms with van der Waals surface area (Å²) in [6, 6.07) is 6.20. The molecule has 0 atom stereocenters. The number of carbonyl (C=O) groups is 2. The highest BCUT2D eigenvalue weighted by atomic mass is 19.1. The van der Waals surface area contributed by atoms with Gasteiger partial charge in [0.25, 0.3) is 5.91 Å². The molecular formula is C19H26FN3O2. The molecule has 25 heavy (non-hydrogen) atoms. The van der Waals surface area contributed by atoms with E-state index in [0.717, 1.165) is 38.8 Å². The molecule has 2 saturated heterocycles. The summed E-state index contributed by atoms with van der Waals surface area (Å²) in [5, 5.41) is 2.66. The van der Waals surface area contributed by atoms with Gasteiger partial charge in [0.15, 0.2) is 0 Å². The Bertz CT molecular complexity index is 641. The zero-order chi connectivity index (χ0) is 17.9. The highest BCUT2D eigenvalue weighted by Gasteiger charge is 2.40. The van der Waals surface area contributed by atoms with Crippen LogP contribution in [0.1, 0.15) is 36.0 Å². The van der Waals surface area contributed by atoms with Crippen LogP contribution >= 0.6 is 0 Å². The number of benzene rings is 1. The molecule has 2 fully saturated rings. The van der Waals surface area contributed by atoms with Crippen molar-refractivity contribution >= 4 is 11.8 Å². The molecule has 6 heteroatoms. The fourth-order valence-corrected chi connectivity index (χ4v) is 4.06. The summed E-state index contributed by atoms with van der Waals surface area (Å²) in [4.78, 5) is 28.2. The first-order chi connectivity index (χ1) is 12.0. The van der Waals surface area contributed by atoms with E-state index in [1.807, 2.05) is 4.90 Å². The van der Waals surface area contributed by atoms with Crippen LogP contribution in [0.2, 0.25) is 0 Å². The molecule has 1 aromatic rings. The van der Waals surface area contributed by atoms with E-state index in [2.05, 4.69) is 10.2 Å². The standard InChI is InChI=1S/C19H26FN3O2/c1-21-17(24)13-22-11-8-19(9-12-22)7-4-10-23(14-19)18(25)15-5-2-3-6-16(15)20/h2-3,5-6H,4,7-14H2,1H3,(H,21,24). The van der Waals surface area contributed by atoms with Gasteiger partial charge >= 0.3 is 0 Å². The summed E-state index contributed by atoms with van der Waals surface area (Å²) >= 11 is 0. The molecule has 0 saturated carbocycles. The fraction of sp³-hybridized carbons (Fsp3) is 0.579. The topological polar surface area (TPSA) is 52.7 Å². The molecule has 0 radical (unpaired) electrons. The van der Waals surface area contributed by atoms with Crippen molar-refractivity contribution in [2.75, 3.05) is 39.8 Å². The number of carbonyl (C=O) groups excluding carboxylic acids is 2. The van der Waals surface area contributed by atoms with Crippen LogP contribution < -0.4 is 5.32 Å². The molecule has 0 aliphatic carbocycles. The summed E-state index contributed by atoms with van der Waals surface area (Å²) in [5.74, 6) is -0.617. The molecule has 1 N–H and O–H groups in total. The Morgan fingerprint density at radius 3 is 2.56 bits per heavy atom. The number of rotatable bonds is 3. The van der Waals surface area contributed by atoms with E-state index in [0.29, 0.717) is 19.6 Å². The molecule has 2 aliphatic heterocycles. The highest BCUT2D eigenvalue weighted by Crippen LogP contribution is 2.40. The Morgan fingerprint density at radius 1 is 1.16 bits per heavy atom. The third-order valence-electron chi connectivity index (χ3n) is 5.62. The van der Waals surface area contributed by atoms with Crippen molar-refractivity contribution in [2.45, 2.75) is 25.7 Å². The van der Waals surface area contributed by atoms with Crippen molar-refractivity contribution in [1.29, 1.82) is 0 Å². The summed E-state index contributed by atoms with van der Waals surface area (Å²) < 4.78 is 13.9. The monoisotopic (exact) mass is 347 g/mol. The molecule has 2 heterocycles. The quantitative estimate of drug-likeness (QED) is 0.908. The number of piperidine rings is 2. The van der Waals surface area contributed by atoms with Crippen LogP contribution in [0.3, 0.4) is 0 Å². The number of nitrogens with zero attached hydrogens (tertiary/aromatic N) is 2. The van der Waals surface area contributed by atoms with Gasteiger partial charge in [-0.1, -0.05) is 12.1 Å². The Balaban J connectivity index is 1.63. The molecule has 0 unspecified atom stereocenters. The van der Waals surface area contributed by atoms with Gasteiger partial charge in [0.05, 0.1) is 12.1 Å². The van der Waals surface area contributed by atoms with Crippen molar-refractivity contribution in [2.24, 2.45) is 5.41 Å². The number of halogens is 1. The minimum absolute atomic E-state index is 0.0379. The molecular weight excluding hydrogens is 321 g/mol. The zero-order valence-corrected chi connectivity index (χ0v) is 14.8. The highest BCUT2D eigenvalue weighted by molar-refractivity contribution is 5.94. The first-order valence-corrected chi connectivity index (χ1v) is 9.00. The molecule has 1 spiro atoms. The van der Waals surface area contributed by atoms with Crippen LogP contribution in [0, 0.1) is 11.2 Å². The van der Waals surface area contributed by atoms with Crippen molar-refractivity contribution in [3.05, 3.63) is 35.6 Å². The van der Waals surface area contributed by atoms with Gasteiger partial charge in [-0.3, -0.25) is 14.5 Å². The average molecular weight is 347 g/mol. The predicted octanol–water partition coefficient (Wildman–Crippen LogP) is 1.89. The second-order valence-corrected chi connectivity index (χ2v) is 7.26. The second-order valence-electron chi connectivity index (χ2n) is 7.26. The van der Waals surface area contributed by atoms with Crippen LogP contribution in [0.15, 0.2) is 24.3 Å². The largest absolute Gasteiger partial charge is 0.358 e. The van der Waals surface area contributed by atoms with Crippen molar-refractivity contribution in [3.63, 3.8) is 0 Å². The van der Waals surface area contributed by atoms with E-state index in [1.165, 1.54) is 6.07 Å². The third kappa shape index (κ3) is 4.00. The Labute approximate surface area is 148 Å². The van der Waals surface area contributed by atoms with Gasteiger partial charge in [-0.05, 0) is 56.3 Å². The van der Waals surface area contributed by atoms with Gasteiger partial charge in [-0.25, -0.2) is 4.39 Å². The Morgan fingerprint density at radius 2 is 1.88 bits per heavy atom. The van der Waals surface area contributed by atoms with Crippen molar-refractivity contribution in [1.82, 2.24) is 15.1 Å². The maximum atomic E-state index is 13.9. The molecule has 0 aromatic heterocycles. The summed E-state index contributed by atoms with van der Waals surface area (Å²) in [6.07, 6.45) is 4.01. The van der Waals surface area contributed by atoms with E-state index in [-0.39, 0.29) is 22.8 Å². The Kier molecular flexibility index (Phi) is 5.37. The number of hydrogen-bond donors (Lipinski definition) is 1. The first-order valence-electron chi connectivity index (χ1n) is 9.00. The SMILES string of the molecule is CNC(=O)CN1CCC2(CCCN(C(=O)c3ccccc3F)C2)CC1. The van der Waals surface area contributed by atoms with E-state index in [1.54, 1.807) is 25.2 Å². The normalized spacial score (nSPS) is 20.5. The summed E-state index contributed by atoms with van der Waals surface area (Å²) in [7, 11) is 1.65. The zero-order valence-electron chi connectivity index (χ0n) is 14.8. The van der Waals surface area contributed by atoms with Crippen LogP contribution in [-0.2, 0) is 4.79 Å². The minimum atomic E-state index is -0.451. The Hall–Kier alpha value is -1.95. The molecule has 1 aromatic carbocycles. The molecule has 3 rings (SSSR count). The van der Waals surface area contributed by atoms with Gasteiger partial charge < -0.3 is 10.2 Å². The first kappa shape index (κ1) is 17.9. The molecule has 5 nitrogen and oxygen atoms in total.